The number of carbonyl (C=O) groups is 2. The van der Waals surface area contributed by atoms with E-state index in [0.29, 0.717) is 16.9 Å². The van der Waals surface area contributed by atoms with E-state index in [1.165, 1.54) is 0 Å². The Morgan fingerprint density at radius 2 is 1.73 bits per heavy atom. The minimum Gasteiger partial charge on any atom is -0.497 e. The molecule has 0 radical (unpaired) electrons. The molecule has 1 atom stereocenters. The number of nitrogens with one attached hydrogen (secondary N) is 1. The second-order valence-corrected chi connectivity index (χ2v) is 8.54. The maximum atomic E-state index is 12.1. The van der Waals surface area contributed by atoms with Gasteiger partial charge in [-0.1, -0.05) is 24.3 Å². The van der Waals surface area contributed by atoms with Crippen LogP contribution in [0.15, 0.2) is 36.4 Å². The lowest BCUT2D eigenvalue weighted by atomic mass is 9.75. The minimum atomic E-state index is -1.84. The van der Waals surface area contributed by atoms with Crippen LogP contribution in [0.1, 0.15) is 37.5 Å². The average Bonchev–Trinajstić information content (AvgIpc) is 2.71. The summed E-state index contributed by atoms with van der Waals surface area (Å²) in [5.74, 6) is -0.439. The second-order valence-electron chi connectivity index (χ2n) is 8.54. The average molecular weight is 459 g/mol. The molecule has 0 saturated heterocycles. The summed E-state index contributed by atoms with van der Waals surface area (Å²) in [6, 6.07) is 9.08. The van der Waals surface area contributed by atoms with Crippen molar-refractivity contribution >= 4 is 24.6 Å². The zero-order valence-corrected chi connectivity index (χ0v) is 19.4. The summed E-state index contributed by atoms with van der Waals surface area (Å²) < 4.78 is 16.2. The van der Waals surface area contributed by atoms with Crippen LogP contribution in [-0.4, -0.2) is 53.1 Å². The largest absolute Gasteiger partial charge is 0.497 e. The van der Waals surface area contributed by atoms with E-state index in [0.717, 1.165) is 5.56 Å². The fraction of sp³-hybridized carbons (Fsp3) is 0.391. The van der Waals surface area contributed by atoms with Crippen LogP contribution in [-0.2, 0) is 22.6 Å². The topological polar surface area (TPSA) is 135 Å². The first kappa shape index (κ1) is 26.0. The first-order valence-corrected chi connectivity index (χ1v) is 10.4. The Morgan fingerprint density at radius 1 is 1.09 bits per heavy atom. The van der Waals surface area contributed by atoms with E-state index in [1.54, 1.807) is 71.2 Å². The molecule has 9 nitrogen and oxygen atoms in total. The lowest BCUT2D eigenvalue weighted by molar-refractivity contribution is -0.139. The van der Waals surface area contributed by atoms with Crippen molar-refractivity contribution in [3.05, 3.63) is 53.1 Å². The van der Waals surface area contributed by atoms with Gasteiger partial charge in [0.1, 0.15) is 29.7 Å². The Balaban J connectivity index is 2.32. The van der Waals surface area contributed by atoms with Gasteiger partial charge in [-0.3, -0.25) is 0 Å². The molecule has 0 aliphatic rings. The Morgan fingerprint density at radius 3 is 2.24 bits per heavy atom. The van der Waals surface area contributed by atoms with Crippen molar-refractivity contribution in [2.24, 2.45) is 0 Å². The van der Waals surface area contributed by atoms with Gasteiger partial charge in [0.25, 0.3) is 0 Å². The highest BCUT2D eigenvalue weighted by Gasteiger charge is 2.28. The normalized spacial score (nSPS) is 12.0. The number of alkyl carbamates (subject to hydrolysis) is 1. The molecule has 0 aliphatic heterocycles. The number of ether oxygens (including phenoxy) is 3. The number of hydrogen-bond acceptors (Lipinski definition) is 7. The zero-order chi connectivity index (χ0) is 24.8. The third kappa shape index (κ3) is 7.69. The molecule has 2 rings (SSSR count). The highest BCUT2D eigenvalue weighted by Crippen LogP contribution is 2.23. The lowest BCUT2D eigenvalue weighted by Gasteiger charge is -2.23. The van der Waals surface area contributed by atoms with Crippen molar-refractivity contribution in [2.75, 3.05) is 7.11 Å². The molecule has 0 heterocycles. The van der Waals surface area contributed by atoms with Crippen LogP contribution in [0, 0.1) is 6.92 Å². The maximum Gasteiger partial charge on any atom is 0.492 e. The van der Waals surface area contributed by atoms with Gasteiger partial charge in [-0.05, 0) is 56.5 Å². The van der Waals surface area contributed by atoms with E-state index >= 15 is 0 Å². The first-order valence-electron chi connectivity index (χ1n) is 10.4. The quantitative estimate of drug-likeness (QED) is 0.417. The standard InChI is InChI=1S/C23H30BNO8/c1-14-6-9-16(12-18(21(26)27)25-22(28)33-23(2,3)4)20(19(14)24(29)30)32-13-15-7-10-17(31-5)11-8-15/h6-11,18,29-30H,12-13H2,1-5H3,(H,25,28)(H,26,27). The Bertz CT molecular complexity index is 970. The number of aliphatic carboxylic acids is 1. The number of aryl methyl sites for hydroxylation is 1. The third-order valence-electron chi connectivity index (χ3n) is 4.71. The number of carbonyl (C=O) groups excluding carboxylic acids is 1. The summed E-state index contributed by atoms with van der Waals surface area (Å²) in [4.78, 5) is 23.9. The van der Waals surface area contributed by atoms with Crippen LogP contribution >= 0.6 is 0 Å². The molecular weight excluding hydrogens is 429 g/mol. The molecular formula is C23H30BNO8. The van der Waals surface area contributed by atoms with Gasteiger partial charge in [0.2, 0.25) is 0 Å². The van der Waals surface area contributed by atoms with Crippen molar-refractivity contribution in [1.82, 2.24) is 5.32 Å². The molecule has 0 fully saturated rings. The summed E-state index contributed by atoms with van der Waals surface area (Å²) in [6.45, 7) is 6.79. The minimum absolute atomic E-state index is 0.0946. The van der Waals surface area contributed by atoms with Crippen molar-refractivity contribution < 1.29 is 39.0 Å². The smallest absolute Gasteiger partial charge is 0.492 e. The van der Waals surface area contributed by atoms with E-state index in [-0.39, 0.29) is 24.2 Å². The molecule has 33 heavy (non-hydrogen) atoms. The number of carboxylic acids is 1. The number of methoxy groups -OCH3 is 1. The van der Waals surface area contributed by atoms with Gasteiger partial charge in [-0.15, -0.1) is 0 Å². The van der Waals surface area contributed by atoms with Crippen LogP contribution in [0.3, 0.4) is 0 Å². The Labute approximate surface area is 193 Å². The van der Waals surface area contributed by atoms with Crippen molar-refractivity contribution in [3.63, 3.8) is 0 Å². The monoisotopic (exact) mass is 459 g/mol. The van der Waals surface area contributed by atoms with Crippen molar-refractivity contribution in [3.8, 4) is 11.5 Å². The molecule has 2 aromatic carbocycles. The van der Waals surface area contributed by atoms with Gasteiger partial charge < -0.3 is 34.7 Å². The van der Waals surface area contributed by atoms with E-state index in [1.807, 2.05) is 0 Å². The van der Waals surface area contributed by atoms with Gasteiger partial charge >= 0.3 is 19.2 Å². The van der Waals surface area contributed by atoms with E-state index in [4.69, 9.17) is 14.2 Å². The summed E-state index contributed by atoms with van der Waals surface area (Å²) in [5.41, 5.74) is 1.08. The Kier molecular flexibility index (Phi) is 8.73. The van der Waals surface area contributed by atoms with Crippen LogP contribution < -0.4 is 20.3 Å². The number of rotatable bonds is 9. The summed E-state index contributed by atoms with van der Waals surface area (Å²) >= 11 is 0. The zero-order valence-electron chi connectivity index (χ0n) is 19.4. The van der Waals surface area contributed by atoms with Crippen LogP contribution in [0.4, 0.5) is 4.79 Å². The molecule has 178 valence electrons. The highest BCUT2D eigenvalue weighted by molar-refractivity contribution is 6.60. The van der Waals surface area contributed by atoms with E-state index < -0.39 is 30.8 Å². The molecule has 2 aromatic rings. The van der Waals surface area contributed by atoms with Gasteiger partial charge in [-0.25, -0.2) is 9.59 Å². The van der Waals surface area contributed by atoms with Gasteiger partial charge in [0.05, 0.1) is 7.11 Å². The van der Waals surface area contributed by atoms with Crippen molar-refractivity contribution in [2.45, 2.75) is 52.4 Å². The SMILES string of the molecule is COc1ccc(COc2c(CC(NC(=O)OC(C)(C)C)C(=O)O)ccc(C)c2B(O)O)cc1. The molecule has 10 heteroatoms. The molecule has 0 bridgehead atoms. The van der Waals surface area contributed by atoms with E-state index in [9.17, 15) is 24.7 Å². The number of hydrogen-bond donors (Lipinski definition) is 4. The molecule has 0 spiro atoms. The molecule has 0 saturated carbocycles. The molecule has 0 aromatic heterocycles. The van der Waals surface area contributed by atoms with E-state index in [2.05, 4.69) is 5.32 Å². The Hall–Kier alpha value is -3.24. The summed E-state index contributed by atoms with van der Waals surface area (Å²) in [6.07, 6.45) is -1.03. The number of carboxylic acid groups (broad SMARTS) is 1. The predicted octanol–water partition coefficient (Wildman–Crippen LogP) is 1.78. The van der Waals surface area contributed by atoms with Gasteiger partial charge in [-0.2, -0.15) is 0 Å². The van der Waals surface area contributed by atoms with Crippen LogP contribution in [0.2, 0.25) is 0 Å². The summed E-state index contributed by atoms with van der Waals surface area (Å²) in [5, 5.41) is 31.9. The number of amides is 1. The molecule has 1 unspecified atom stereocenters. The third-order valence-corrected chi connectivity index (χ3v) is 4.71. The summed E-state index contributed by atoms with van der Waals surface area (Å²) in [7, 11) is -0.276. The second kappa shape index (κ2) is 11.1. The fourth-order valence-corrected chi connectivity index (χ4v) is 3.14. The van der Waals surface area contributed by atoms with Gasteiger partial charge in [0, 0.05) is 11.9 Å². The van der Waals surface area contributed by atoms with Gasteiger partial charge in [0.15, 0.2) is 0 Å². The number of benzene rings is 2. The lowest BCUT2D eigenvalue weighted by Crippen LogP contribution is -2.45. The van der Waals surface area contributed by atoms with Crippen molar-refractivity contribution in [1.29, 1.82) is 0 Å². The molecule has 1 amide bonds. The highest BCUT2D eigenvalue weighted by atomic mass is 16.6. The first-order chi connectivity index (χ1) is 15.4. The van der Waals surface area contributed by atoms with Crippen LogP contribution in [0.25, 0.3) is 0 Å². The molecule has 0 aliphatic carbocycles. The van der Waals surface area contributed by atoms with Crippen LogP contribution in [0.5, 0.6) is 11.5 Å². The fourth-order valence-electron chi connectivity index (χ4n) is 3.14. The molecule has 4 N–H and O–H groups in total. The predicted molar refractivity (Wildman–Crippen MR) is 123 cm³/mol. The maximum absolute atomic E-state index is 12.1.